The number of anilines is 1. The minimum atomic E-state index is -0.806. The molecule has 0 fully saturated rings. The molecule has 1 aromatic heterocycles. The first-order valence-corrected chi connectivity index (χ1v) is 5.76. The molecule has 1 heterocycles. The number of hydrogen-bond donors (Lipinski definition) is 2. The maximum Gasteiger partial charge on any atom is 0.305 e. The van der Waals surface area contributed by atoms with Gasteiger partial charge in [-0.25, -0.2) is 0 Å². The summed E-state index contributed by atoms with van der Waals surface area (Å²) in [6.07, 6.45) is 3.67. The molecule has 2 N–H and O–H groups in total. The fourth-order valence-electron chi connectivity index (χ4n) is 1.63. The van der Waals surface area contributed by atoms with Crippen molar-refractivity contribution in [2.75, 3.05) is 11.9 Å². The summed E-state index contributed by atoms with van der Waals surface area (Å²) >= 11 is 0. The summed E-state index contributed by atoms with van der Waals surface area (Å²) < 4.78 is 1.82. The largest absolute Gasteiger partial charge is 0.481 e. The molecule has 0 aliphatic heterocycles. The lowest BCUT2D eigenvalue weighted by Gasteiger charge is -2.01. The van der Waals surface area contributed by atoms with Gasteiger partial charge >= 0.3 is 5.97 Å². The number of hydrogen-bond acceptors (Lipinski definition) is 3. The molecule has 0 aliphatic carbocycles. The lowest BCUT2D eigenvalue weighted by atomic mass is 10.2. The molecule has 18 heavy (non-hydrogen) atoms. The maximum absolute atomic E-state index is 10.4. The molecule has 5 heteroatoms. The first kappa shape index (κ1) is 12.2. The smallest absolute Gasteiger partial charge is 0.305 e. The minimum absolute atomic E-state index is 0.101. The highest BCUT2D eigenvalue weighted by Gasteiger charge is 2.00. The van der Waals surface area contributed by atoms with Crippen molar-refractivity contribution in [1.29, 1.82) is 0 Å². The zero-order valence-corrected chi connectivity index (χ0v) is 9.91. The average molecular weight is 245 g/mol. The molecule has 0 saturated heterocycles. The number of rotatable bonds is 6. The number of aliphatic carboxylic acids is 1. The molecule has 0 spiro atoms. The van der Waals surface area contributed by atoms with Crippen LogP contribution in [-0.2, 0) is 11.3 Å². The Hall–Kier alpha value is -2.30. The summed E-state index contributed by atoms with van der Waals surface area (Å²) in [7, 11) is 0. The summed E-state index contributed by atoms with van der Waals surface area (Å²) in [5, 5.41) is 15.8. The Kier molecular flexibility index (Phi) is 3.96. The Morgan fingerprint density at radius 3 is 2.83 bits per heavy atom. The summed E-state index contributed by atoms with van der Waals surface area (Å²) in [5.41, 5.74) is 2.02. The molecule has 5 nitrogen and oxygen atoms in total. The van der Waals surface area contributed by atoms with E-state index in [-0.39, 0.29) is 6.42 Å². The number of nitrogens with one attached hydrogen (secondary N) is 1. The van der Waals surface area contributed by atoms with E-state index in [1.807, 2.05) is 41.2 Å². The third-order valence-electron chi connectivity index (χ3n) is 2.49. The van der Waals surface area contributed by atoms with Gasteiger partial charge in [0.1, 0.15) is 0 Å². The predicted octanol–water partition coefficient (Wildman–Crippen LogP) is 1.82. The third kappa shape index (κ3) is 3.62. The first-order valence-electron chi connectivity index (χ1n) is 5.76. The van der Waals surface area contributed by atoms with Crippen molar-refractivity contribution in [3.05, 3.63) is 48.3 Å². The Morgan fingerprint density at radius 2 is 2.11 bits per heavy atom. The van der Waals surface area contributed by atoms with Crippen LogP contribution in [-0.4, -0.2) is 27.4 Å². The Labute approximate surface area is 105 Å². The third-order valence-corrected chi connectivity index (χ3v) is 2.49. The van der Waals surface area contributed by atoms with E-state index in [1.54, 1.807) is 6.20 Å². The van der Waals surface area contributed by atoms with E-state index >= 15 is 0 Å². The molecule has 0 saturated carbocycles. The van der Waals surface area contributed by atoms with Crippen molar-refractivity contribution < 1.29 is 9.90 Å². The highest BCUT2D eigenvalue weighted by atomic mass is 16.4. The molecule has 0 atom stereocenters. The second kappa shape index (κ2) is 5.86. The van der Waals surface area contributed by atoms with E-state index in [4.69, 9.17) is 5.11 Å². The van der Waals surface area contributed by atoms with Gasteiger partial charge < -0.3 is 10.4 Å². The number of carboxylic acid groups (broad SMARTS) is 1. The van der Waals surface area contributed by atoms with Gasteiger partial charge in [0.15, 0.2) is 0 Å². The summed E-state index contributed by atoms with van der Waals surface area (Å²) in [5.74, 6) is -0.806. The van der Waals surface area contributed by atoms with Gasteiger partial charge in [-0.15, -0.1) is 0 Å². The number of carbonyl (C=O) groups is 1. The van der Waals surface area contributed by atoms with E-state index in [0.29, 0.717) is 13.1 Å². The highest BCUT2D eigenvalue weighted by molar-refractivity contribution is 5.67. The Morgan fingerprint density at radius 1 is 1.33 bits per heavy atom. The fraction of sp³-hybridized carbons (Fsp3) is 0.231. The molecule has 2 rings (SSSR count). The molecule has 0 amide bonds. The molecule has 2 aromatic rings. The highest BCUT2D eigenvalue weighted by Crippen LogP contribution is 2.07. The molecular formula is C13H15N3O2. The van der Waals surface area contributed by atoms with Crippen LogP contribution in [0.1, 0.15) is 12.0 Å². The number of benzene rings is 1. The van der Waals surface area contributed by atoms with Crippen LogP contribution in [0, 0.1) is 0 Å². The van der Waals surface area contributed by atoms with Crippen molar-refractivity contribution in [1.82, 2.24) is 9.78 Å². The van der Waals surface area contributed by atoms with Gasteiger partial charge in [0.25, 0.3) is 0 Å². The molecule has 0 unspecified atom stereocenters. The van der Waals surface area contributed by atoms with Crippen molar-refractivity contribution in [3.63, 3.8) is 0 Å². The van der Waals surface area contributed by atoms with E-state index in [1.165, 1.54) is 5.56 Å². The molecule has 1 aromatic carbocycles. The SMILES string of the molecule is O=C(O)CCNc1cnn(Cc2ccccc2)c1. The fourth-order valence-corrected chi connectivity index (χ4v) is 1.63. The Bertz CT molecular complexity index is 508. The van der Waals surface area contributed by atoms with E-state index in [9.17, 15) is 4.79 Å². The van der Waals surface area contributed by atoms with Gasteiger partial charge in [-0.05, 0) is 5.56 Å². The van der Waals surface area contributed by atoms with Gasteiger partial charge in [0, 0.05) is 12.7 Å². The number of aromatic nitrogens is 2. The molecule has 0 aliphatic rings. The van der Waals surface area contributed by atoms with Crippen LogP contribution in [0.25, 0.3) is 0 Å². The minimum Gasteiger partial charge on any atom is -0.481 e. The van der Waals surface area contributed by atoms with Crippen LogP contribution in [0.3, 0.4) is 0 Å². The first-order chi connectivity index (χ1) is 8.74. The van der Waals surface area contributed by atoms with E-state index in [2.05, 4.69) is 10.4 Å². The van der Waals surface area contributed by atoms with Gasteiger partial charge in [-0.3, -0.25) is 9.48 Å². The molecule has 0 radical (unpaired) electrons. The predicted molar refractivity (Wildman–Crippen MR) is 68.5 cm³/mol. The van der Waals surface area contributed by atoms with Crippen molar-refractivity contribution in [2.24, 2.45) is 0 Å². The van der Waals surface area contributed by atoms with Crippen molar-refractivity contribution in [2.45, 2.75) is 13.0 Å². The van der Waals surface area contributed by atoms with Gasteiger partial charge in [0.05, 0.1) is 24.8 Å². The lowest BCUT2D eigenvalue weighted by molar-refractivity contribution is -0.136. The van der Waals surface area contributed by atoms with Crippen molar-refractivity contribution >= 4 is 11.7 Å². The maximum atomic E-state index is 10.4. The number of carboxylic acids is 1. The standard InChI is InChI=1S/C13H15N3O2/c17-13(18)6-7-14-12-8-15-16(10-12)9-11-4-2-1-3-5-11/h1-5,8,10,14H,6-7,9H2,(H,17,18). The van der Waals surface area contributed by atoms with E-state index < -0.39 is 5.97 Å². The summed E-state index contributed by atoms with van der Waals surface area (Å²) in [6, 6.07) is 10.0. The van der Waals surface area contributed by atoms with Crippen LogP contribution in [0.2, 0.25) is 0 Å². The van der Waals surface area contributed by atoms with Crippen molar-refractivity contribution in [3.8, 4) is 0 Å². The second-order valence-corrected chi connectivity index (χ2v) is 3.98. The number of nitrogens with zero attached hydrogens (tertiary/aromatic N) is 2. The van der Waals surface area contributed by atoms with Gasteiger partial charge in [0.2, 0.25) is 0 Å². The van der Waals surface area contributed by atoms with Crippen LogP contribution < -0.4 is 5.32 Å². The Balaban J connectivity index is 1.88. The summed E-state index contributed by atoms with van der Waals surface area (Å²) in [6.45, 7) is 1.12. The van der Waals surface area contributed by atoms with Gasteiger partial charge in [-0.2, -0.15) is 5.10 Å². The summed E-state index contributed by atoms with van der Waals surface area (Å²) in [4.78, 5) is 10.4. The van der Waals surface area contributed by atoms with E-state index in [0.717, 1.165) is 5.69 Å². The van der Waals surface area contributed by atoms with Crippen LogP contribution in [0.5, 0.6) is 0 Å². The quantitative estimate of drug-likeness (QED) is 0.814. The normalized spacial score (nSPS) is 10.2. The zero-order chi connectivity index (χ0) is 12.8. The second-order valence-electron chi connectivity index (χ2n) is 3.98. The monoisotopic (exact) mass is 245 g/mol. The zero-order valence-electron chi connectivity index (χ0n) is 9.91. The molecular weight excluding hydrogens is 230 g/mol. The van der Waals surface area contributed by atoms with Crippen LogP contribution in [0.15, 0.2) is 42.7 Å². The van der Waals surface area contributed by atoms with Crippen LogP contribution in [0.4, 0.5) is 5.69 Å². The topological polar surface area (TPSA) is 67.2 Å². The lowest BCUT2D eigenvalue weighted by Crippen LogP contribution is -2.07. The van der Waals surface area contributed by atoms with Crippen LogP contribution >= 0.6 is 0 Å². The van der Waals surface area contributed by atoms with Gasteiger partial charge in [-0.1, -0.05) is 30.3 Å². The average Bonchev–Trinajstić information content (AvgIpc) is 2.78. The molecule has 94 valence electrons. The molecule has 0 bridgehead atoms.